The van der Waals surface area contributed by atoms with E-state index >= 15 is 0 Å². The van der Waals surface area contributed by atoms with Crippen LogP contribution in [0.2, 0.25) is 0 Å². The molecule has 2 atom stereocenters. The first-order chi connectivity index (χ1) is 12.4. The van der Waals surface area contributed by atoms with E-state index < -0.39 is 22.8 Å². The second kappa shape index (κ2) is 5.83. The molecule has 1 aliphatic heterocycles. The fourth-order valence-corrected chi connectivity index (χ4v) is 5.01. The van der Waals surface area contributed by atoms with Crippen LogP contribution in [0.4, 0.5) is 0 Å². The summed E-state index contributed by atoms with van der Waals surface area (Å²) in [5, 5.41) is 19.3. The molecular weight excluding hydrogens is 334 g/mol. The number of aryl methyl sites for hydroxylation is 2. The summed E-state index contributed by atoms with van der Waals surface area (Å²) in [7, 11) is 0. The highest BCUT2D eigenvalue weighted by molar-refractivity contribution is 5.92. The van der Waals surface area contributed by atoms with E-state index in [4.69, 9.17) is 0 Å². The van der Waals surface area contributed by atoms with Crippen LogP contribution in [-0.4, -0.2) is 46.0 Å². The van der Waals surface area contributed by atoms with Crippen molar-refractivity contribution in [3.63, 3.8) is 0 Å². The topological polar surface area (TPSA) is 94.9 Å². The van der Waals surface area contributed by atoms with E-state index in [1.54, 1.807) is 0 Å². The van der Waals surface area contributed by atoms with Crippen molar-refractivity contribution in [3.8, 4) is 0 Å². The second-order valence-electron chi connectivity index (χ2n) is 8.01. The zero-order valence-electron chi connectivity index (χ0n) is 14.7. The summed E-state index contributed by atoms with van der Waals surface area (Å²) in [6.45, 7) is -0.00316. The number of hydrogen-bond acceptors (Lipinski definition) is 3. The van der Waals surface area contributed by atoms with E-state index in [0.29, 0.717) is 12.8 Å². The number of carboxylic acids is 2. The van der Waals surface area contributed by atoms with Crippen molar-refractivity contribution in [1.82, 2.24) is 4.90 Å². The van der Waals surface area contributed by atoms with Crippen LogP contribution >= 0.6 is 0 Å². The average molecular weight is 357 g/mol. The highest BCUT2D eigenvalue weighted by Crippen LogP contribution is 2.61. The number of hydrogen-bond donors (Lipinski definition) is 2. The molecule has 138 valence electrons. The van der Waals surface area contributed by atoms with Crippen molar-refractivity contribution < 1.29 is 24.6 Å². The number of rotatable bonds is 4. The Bertz CT molecular complexity index is 773. The third-order valence-corrected chi connectivity index (χ3v) is 6.76. The summed E-state index contributed by atoms with van der Waals surface area (Å²) in [6, 6.07) is 6.13. The molecule has 1 heterocycles. The zero-order chi connectivity index (χ0) is 18.5. The van der Waals surface area contributed by atoms with Gasteiger partial charge < -0.3 is 15.1 Å². The Kier molecular flexibility index (Phi) is 3.82. The second-order valence-corrected chi connectivity index (χ2v) is 8.01. The van der Waals surface area contributed by atoms with Gasteiger partial charge in [-0.3, -0.25) is 14.4 Å². The van der Waals surface area contributed by atoms with Gasteiger partial charge in [0.1, 0.15) is 10.8 Å². The van der Waals surface area contributed by atoms with Crippen LogP contribution in [0.3, 0.4) is 0 Å². The maximum Gasteiger partial charge on any atom is 0.312 e. The third kappa shape index (κ3) is 2.27. The zero-order valence-corrected chi connectivity index (χ0v) is 14.7. The lowest BCUT2D eigenvalue weighted by molar-refractivity contribution is -0.183. The summed E-state index contributed by atoms with van der Waals surface area (Å²) in [4.78, 5) is 37.8. The van der Waals surface area contributed by atoms with Gasteiger partial charge in [-0.25, -0.2) is 0 Å². The maximum absolute atomic E-state index is 12.8. The smallest absolute Gasteiger partial charge is 0.312 e. The molecule has 0 bridgehead atoms. The van der Waals surface area contributed by atoms with Gasteiger partial charge in [-0.05, 0) is 55.2 Å². The predicted molar refractivity (Wildman–Crippen MR) is 92.7 cm³/mol. The monoisotopic (exact) mass is 357 g/mol. The fourth-order valence-electron chi connectivity index (χ4n) is 5.01. The third-order valence-electron chi connectivity index (χ3n) is 6.76. The minimum atomic E-state index is -1.33. The van der Waals surface area contributed by atoms with Crippen LogP contribution in [0.5, 0.6) is 0 Å². The van der Waals surface area contributed by atoms with E-state index in [9.17, 15) is 24.6 Å². The molecule has 2 unspecified atom stereocenters. The largest absolute Gasteiger partial charge is 0.481 e. The number of amides is 1. The van der Waals surface area contributed by atoms with E-state index in [-0.39, 0.29) is 25.4 Å². The van der Waals surface area contributed by atoms with Crippen LogP contribution in [0.1, 0.15) is 42.4 Å². The first-order valence-electron chi connectivity index (χ1n) is 9.23. The Hall–Kier alpha value is -2.37. The molecule has 0 spiro atoms. The van der Waals surface area contributed by atoms with Gasteiger partial charge in [0.2, 0.25) is 5.91 Å². The highest BCUT2D eigenvalue weighted by atomic mass is 16.4. The van der Waals surface area contributed by atoms with E-state index in [1.807, 2.05) is 6.07 Å². The Morgan fingerprint density at radius 3 is 2.04 bits per heavy atom. The van der Waals surface area contributed by atoms with Crippen LogP contribution in [0.15, 0.2) is 18.2 Å². The van der Waals surface area contributed by atoms with Gasteiger partial charge in [0, 0.05) is 13.1 Å². The molecule has 3 aliphatic rings. The summed E-state index contributed by atoms with van der Waals surface area (Å²) in [5.74, 6) is -2.39. The predicted octanol–water partition coefficient (Wildman–Crippen LogP) is 1.89. The summed E-state index contributed by atoms with van der Waals surface area (Å²) < 4.78 is 0. The summed E-state index contributed by atoms with van der Waals surface area (Å²) in [5.41, 5.74) is 0.909. The van der Waals surface area contributed by atoms with E-state index in [2.05, 4.69) is 12.1 Å². The minimum Gasteiger partial charge on any atom is -0.481 e. The van der Waals surface area contributed by atoms with Crippen molar-refractivity contribution >= 4 is 17.8 Å². The Labute approximate surface area is 151 Å². The number of carboxylic acid groups (broad SMARTS) is 2. The van der Waals surface area contributed by atoms with Crippen molar-refractivity contribution in [3.05, 3.63) is 34.9 Å². The van der Waals surface area contributed by atoms with Crippen molar-refractivity contribution in [2.45, 2.75) is 44.9 Å². The molecule has 2 aliphatic carbocycles. The molecule has 1 saturated carbocycles. The molecule has 6 nitrogen and oxygen atoms in total. The number of likely N-dealkylation sites (tertiary alicyclic amines) is 1. The Balaban J connectivity index is 1.53. The first-order valence-corrected chi connectivity index (χ1v) is 9.23. The van der Waals surface area contributed by atoms with Crippen LogP contribution < -0.4 is 0 Å². The van der Waals surface area contributed by atoms with Gasteiger partial charge in [-0.1, -0.05) is 18.2 Å². The van der Waals surface area contributed by atoms with E-state index in [0.717, 1.165) is 18.4 Å². The molecule has 1 saturated heterocycles. The number of benzene rings is 1. The Morgan fingerprint density at radius 1 is 0.923 bits per heavy atom. The van der Waals surface area contributed by atoms with Crippen molar-refractivity contribution in [2.75, 3.05) is 13.1 Å². The molecule has 1 aromatic carbocycles. The quantitative estimate of drug-likeness (QED) is 0.858. The number of fused-ring (bicyclic) bond motifs is 2. The number of carbonyl (C=O) groups is 3. The molecule has 0 radical (unpaired) electrons. The van der Waals surface area contributed by atoms with Gasteiger partial charge in [0.15, 0.2) is 0 Å². The lowest BCUT2D eigenvalue weighted by atomic mass is 9.51. The molecule has 1 amide bonds. The molecule has 4 rings (SSSR count). The number of nitrogens with zero attached hydrogens (tertiary/aromatic N) is 1. The van der Waals surface area contributed by atoms with Gasteiger partial charge in [-0.15, -0.1) is 0 Å². The van der Waals surface area contributed by atoms with Crippen LogP contribution in [0, 0.1) is 10.8 Å². The molecule has 0 aromatic heterocycles. The lowest BCUT2D eigenvalue weighted by Crippen LogP contribution is -2.59. The van der Waals surface area contributed by atoms with Gasteiger partial charge >= 0.3 is 11.9 Å². The number of carbonyl (C=O) groups excluding carboxylic acids is 1. The average Bonchev–Trinajstić information content (AvgIpc) is 2.84. The maximum atomic E-state index is 12.8. The van der Waals surface area contributed by atoms with Crippen molar-refractivity contribution in [1.29, 1.82) is 0 Å². The normalized spacial score (nSPS) is 29.5. The van der Waals surface area contributed by atoms with Gasteiger partial charge in [-0.2, -0.15) is 0 Å². The molecular formula is C20H23NO5. The summed E-state index contributed by atoms with van der Waals surface area (Å²) >= 11 is 0. The van der Waals surface area contributed by atoms with E-state index in [1.165, 1.54) is 28.9 Å². The van der Waals surface area contributed by atoms with Crippen molar-refractivity contribution in [2.24, 2.45) is 10.8 Å². The molecule has 6 heteroatoms. The fraction of sp³-hybridized carbons (Fsp3) is 0.550. The minimum absolute atomic E-state index is 0.00158. The summed E-state index contributed by atoms with van der Waals surface area (Å²) in [6.07, 6.45) is 5.31. The van der Waals surface area contributed by atoms with Gasteiger partial charge in [0.05, 0.1) is 6.42 Å². The molecule has 2 fully saturated rings. The molecule has 1 aromatic rings. The molecule has 2 N–H and O–H groups in total. The lowest BCUT2D eigenvalue weighted by Gasteiger charge is -2.47. The Morgan fingerprint density at radius 2 is 1.50 bits per heavy atom. The molecule has 26 heavy (non-hydrogen) atoms. The standard InChI is InChI=1S/C20H23NO5/c22-16(10-13-5-6-14-3-1-2-4-15(14)9-13)21-11-19(17(23)24)7-8-20(19,12-21)18(25)26/h5-6,9H,1-4,7-8,10-12H2,(H,23,24)(H,25,26). The SMILES string of the molecule is O=C(Cc1ccc2c(c1)CCCC2)N1CC2(C(=O)O)CCC2(C(=O)O)C1. The van der Waals surface area contributed by atoms with Crippen LogP contribution in [-0.2, 0) is 33.6 Å². The van der Waals surface area contributed by atoms with Gasteiger partial charge in [0.25, 0.3) is 0 Å². The first kappa shape index (κ1) is 17.1. The highest BCUT2D eigenvalue weighted by Gasteiger charge is 2.73. The van der Waals surface area contributed by atoms with Crippen LogP contribution in [0.25, 0.3) is 0 Å². The number of aliphatic carboxylic acids is 2.